The van der Waals surface area contributed by atoms with Gasteiger partial charge in [0.05, 0.1) is 6.42 Å². The van der Waals surface area contributed by atoms with Crippen LogP contribution in [0, 0.1) is 5.41 Å². The Labute approximate surface area is 122 Å². The summed E-state index contributed by atoms with van der Waals surface area (Å²) < 4.78 is 0. The van der Waals surface area contributed by atoms with Gasteiger partial charge in [0.25, 0.3) is 0 Å². The number of carbonyl (C=O) groups is 1. The first-order valence-electron chi connectivity index (χ1n) is 7.55. The Bertz CT molecular complexity index is 488. The minimum absolute atomic E-state index is 0.103. The molecule has 1 atom stereocenters. The minimum Gasteiger partial charge on any atom is -0.326 e. The predicted molar refractivity (Wildman–Crippen MR) is 83.9 cm³/mol. The lowest BCUT2D eigenvalue weighted by Gasteiger charge is -2.27. The van der Waals surface area contributed by atoms with Gasteiger partial charge in [0.15, 0.2) is 0 Å². The van der Waals surface area contributed by atoms with Crippen molar-refractivity contribution < 1.29 is 4.79 Å². The van der Waals surface area contributed by atoms with Gasteiger partial charge in [-0.1, -0.05) is 39.8 Å². The van der Waals surface area contributed by atoms with E-state index in [-0.39, 0.29) is 11.3 Å². The summed E-state index contributed by atoms with van der Waals surface area (Å²) in [6.07, 6.45) is 2.73. The number of carbonyl (C=O) groups excluding carboxylic acids is 1. The third kappa shape index (κ3) is 3.83. The van der Waals surface area contributed by atoms with E-state index in [2.05, 4.69) is 50.5 Å². The van der Waals surface area contributed by atoms with E-state index in [1.165, 1.54) is 5.56 Å². The van der Waals surface area contributed by atoms with Gasteiger partial charge < -0.3 is 10.6 Å². The third-order valence-electron chi connectivity index (χ3n) is 3.61. The van der Waals surface area contributed by atoms with Crippen molar-refractivity contribution in [2.75, 3.05) is 11.9 Å². The maximum Gasteiger partial charge on any atom is 0.228 e. The summed E-state index contributed by atoms with van der Waals surface area (Å²) in [6, 6.07) is 6.73. The van der Waals surface area contributed by atoms with Crippen LogP contribution in [0.25, 0.3) is 0 Å². The van der Waals surface area contributed by atoms with E-state index in [1.807, 2.05) is 6.07 Å². The lowest BCUT2D eigenvalue weighted by atomic mass is 9.85. The zero-order chi connectivity index (χ0) is 14.8. The van der Waals surface area contributed by atoms with Crippen LogP contribution in [0.15, 0.2) is 18.2 Å². The highest BCUT2D eigenvalue weighted by atomic mass is 16.1. The van der Waals surface area contributed by atoms with Crippen molar-refractivity contribution in [2.24, 2.45) is 5.41 Å². The van der Waals surface area contributed by atoms with Crippen LogP contribution in [0.1, 0.15) is 57.7 Å². The fraction of sp³-hybridized carbons (Fsp3) is 0.588. The van der Waals surface area contributed by atoms with Gasteiger partial charge in [0, 0.05) is 11.7 Å². The number of hydrogen-bond donors (Lipinski definition) is 2. The summed E-state index contributed by atoms with van der Waals surface area (Å²) in [5, 5.41) is 6.53. The van der Waals surface area contributed by atoms with Gasteiger partial charge in [0.2, 0.25) is 5.91 Å². The SMILES string of the molecule is CCCNC(CC(C)(C)C)c1ccc2c(c1)CC(=O)N2. The number of fused-ring (bicyclic) bond motifs is 1. The number of amides is 1. The van der Waals surface area contributed by atoms with Crippen molar-refractivity contribution in [2.45, 2.75) is 53.0 Å². The zero-order valence-electron chi connectivity index (χ0n) is 13.0. The molecule has 0 saturated carbocycles. The number of nitrogens with one attached hydrogen (secondary N) is 2. The van der Waals surface area contributed by atoms with E-state index in [9.17, 15) is 4.79 Å². The molecular formula is C17H26N2O. The van der Waals surface area contributed by atoms with E-state index in [0.717, 1.165) is 30.6 Å². The summed E-state index contributed by atoms with van der Waals surface area (Å²) >= 11 is 0. The molecule has 1 unspecified atom stereocenters. The average molecular weight is 274 g/mol. The molecule has 1 heterocycles. The Morgan fingerprint density at radius 2 is 2.10 bits per heavy atom. The molecule has 2 rings (SSSR count). The molecule has 3 nitrogen and oxygen atoms in total. The van der Waals surface area contributed by atoms with E-state index in [4.69, 9.17) is 0 Å². The minimum atomic E-state index is 0.103. The van der Waals surface area contributed by atoms with Gasteiger partial charge >= 0.3 is 0 Å². The van der Waals surface area contributed by atoms with E-state index < -0.39 is 0 Å². The standard InChI is InChI=1S/C17H26N2O/c1-5-8-18-15(11-17(2,3)4)12-6-7-14-13(9-12)10-16(20)19-14/h6-7,9,15,18H,5,8,10-11H2,1-4H3,(H,19,20). The maximum absolute atomic E-state index is 11.5. The Kier molecular flexibility index (Phi) is 4.48. The van der Waals surface area contributed by atoms with Crippen molar-refractivity contribution in [1.82, 2.24) is 5.32 Å². The van der Waals surface area contributed by atoms with Crippen molar-refractivity contribution in [3.8, 4) is 0 Å². The molecule has 1 aromatic rings. The lowest BCUT2D eigenvalue weighted by Crippen LogP contribution is -2.26. The summed E-state index contributed by atoms with van der Waals surface area (Å²) in [6.45, 7) is 10.0. The molecule has 1 aromatic carbocycles. The molecule has 3 heteroatoms. The molecule has 0 saturated heterocycles. The Balaban J connectivity index is 2.20. The summed E-state index contributed by atoms with van der Waals surface area (Å²) in [4.78, 5) is 11.5. The molecule has 1 amide bonds. The fourth-order valence-electron chi connectivity index (χ4n) is 2.70. The van der Waals surface area contributed by atoms with Crippen LogP contribution in [-0.2, 0) is 11.2 Å². The predicted octanol–water partition coefficient (Wildman–Crippen LogP) is 3.66. The van der Waals surface area contributed by atoms with Crippen LogP contribution in [0.3, 0.4) is 0 Å². The number of hydrogen-bond acceptors (Lipinski definition) is 2. The van der Waals surface area contributed by atoms with Crippen LogP contribution in [0.4, 0.5) is 5.69 Å². The smallest absolute Gasteiger partial charge is 0.228 e. The van der Waals surface area contributed by atoms with Gasteiger partial charge in [-0.25, -0.2) is 0 Å². The van der Waals surface area contributed by atoms with E-state index in [1.54, 1.807) is 0 Å². The molecule has 0 aromatic heterocycles. The molecule has 0 bridgehead atoms. The van der Waals surface area contributed by atoms with Crippen LogP contribution in [-0.4, -0.2) is 12.5 Å². The summed E-state index contributed by atoms with van der Waals surface area (Å²) in [7, 11) is 0. The second-order valence-electron chi connectivity index (χ2n) is 6.91. The molecule has 1 aliphatic rings. The Hall–Kier alpha value is -1.35. The highest BCUT2D eigenvalue weighted by molar-refractivity contribution is 5.99. The van der Waals surface area contributed by atoms with Gasteiger partial charge in [-0.05, 0) is 42.0 Å². The highest BCUT2D eigenvalue weighted by Crippen LogP contribution is 2.32. The molecule has 20 heavy (non-hydrogen) atoms. The van der Waals surface area contributed by atoms with Crippen LogP contribution < -0.4 is 10.6 Å². The fourth-order valence-corrected chi connectivity index (χ4v) is 2.70. The highest BCUT2D eigenvalue weighted by Gasteiger charge is 2.23. The van der Waals surface area contributed by atoms with Crippen molar-refractivity contribution in [3.63, 3.8) is 0 Å². The maximum atomic E-state index is 11.5. The topological polar surface area (TPSA) is 41.1 Å². The first kappa shape index (κ1) is 15.0. The molecule has 0 radical (unpaired) electrons. The average Bonchev–Trinajstić information content (AvgIpc) is 2.72. The number of benzene rings is 1. The van der Waals surface area contributed by atoms with Gasteiger partial charge in [-0.15, -0.1) is 0 Å². The monoisotopic (exact) mass is 274 g/mol. The Morgan fingerprint density at radius 1 is 1.35 bits per heavy atom. The molecule has 0 spiro atoms. The van der Waals surface area contributed by atoms with Gasteiger partial charge in [0.1, 0.15) is 0 Å². The zero-order valence-corrected chi connectivity index (χ0v) is 13.0. The van der Waals surface area contributed by atoms with Crippen LogP contribution in [0.2, 0.25) is 0 Å². The lowest BCUT2D eigenvalue weighted by molar-refractivity contribution is -0.115. The molecule has 0 aliphatic carbocycles. The molecular weight excluding hydrogens is 248 g/mol. The van der Waals surface area contributed by atoms with E-state index in [0.29, 0.717) is 12.5 Å². The van der Waals surface area contributed by atoms with Gasteiger partial charge in [-0.3, -0.25) is 4.79 Å². The number of anilines is 1. The van der Waals surface area contributed by atoms with E-state index >= 15 is 0 Å². The van der Waals surface area contributed by atoms with Crippen molar-refractivity contribution in [3.05, 3.63) is 29.3 Å². The largest absolute Gasteiger partial charge is 0.326 e. The summed E-state index contributed by atoms with van der Waals surface area (Å²) in [5.74, 6) is 0.103. The normalized spacial score (nSPS) is 15.9. The van der Waals surface area contributed by atoms with Crippen LogP contribution in [0.5, 0.6) is 0 Å². The van der Waals surface area contributed by atoms with Gasteiger partial charge in [-0.2, -0.15) is 0 Å². The quantitative estimate of drug-likeness (QED) is 0.860. The second kappa shape index (κ2) is 5.96. The number of rotatable bonds is 5. The molecule has 0 fully saturated rings. The molecule has 110 valence electrons. The van der Waals surface area contributed by atoms with Crippen LogP contribution >= 0.6 is 0 Å². The molecule has 2 N–H and O–H groups in total. The second-order valence-corrected chi connectivity index (χ2v) is 6.91. The summed E-state index contributed by atoms with van der Waals surface area (Å²) in [5.41, 5.74) is 3.68. The molecule has 1 aliphatic heterocycles. The Morgan fingerprint density at radius 3 is 2.75 bits per heavy atom. The third-order valence-corrected chi connectivity index (χ3v) is 3.61. The first-order valence-corrected chi connectivity index (χ1v) is 7.55. The van der Waals surface area contributed by atoms with Crippen molar-refractivity contribution in [1.29, 1.82) is 0 Å². The first-order chi connectivity index (χ1) is 9.39. The van der Waals surface area contributed by atoms with Crippen molar-refractivity contribution >= 4 is 11.6 Å².